The van der Waals surface area contributed by atoms with Crippen LogP contribution in [0, 0.1) is 21.4 Å². The Labute approximate surface area is 149 Å². The summed E-state index contributed by atoms with van der Waals surface area (Å²) in [7, 11) is 0. The van der Waals surface area contributed by atoms with Gasteiger partial charge in [-0.1, -0.05) is 24.3 Å². The van der Waals surface area contributed by atoms with E-state index in [-0.39, 0.29) is 17.9 Å². The van der Waals surface area contributed by atoms with Crippen LogP contribution in [0.2, 0.25) is 0 Å². The molecule has 132 valence electrons. The fraction of sp³-hybridized carbons (Fsp3) is 0.167. The van der Waals surface area contributed by atoms with Crippen molar-refractivity contribution in [3.8, 4) is 6.07 Å². The van der Waals surface area contributed by atoms with E-state index in [9.17, 15) is 19.7 Å². The Balaban J connectivity index is 1.96. The zero-order valence-electron chi connectivity index (χ0n) is 13.8. The summed E-state index contributed by atoms with van der Waals surface area (Å²) in [6, 6.07) is 12.9. The van der Waals surface area contributed by atoms with Gasteiger partial charge in [-0.05, 0) is 19.1 Å². The molecule has 2 aromatic rings. The molecule has 8 nitrogen and oxygen atoms in total. The van der Waals surface area contributed by atoms with Gasteiger partial charge < -0.3 is 10.1 Å². The molecule has 0 spiro atoms. The fourth-order valence-corrected chi connectivity index (χ4v) is 2.13. The van der Waals surface area contributed by atoms with Crippen LogP contribution < -0.4 is 5.32 Å². The molecule has 0 aliphatic heterocycles. The van der Waals surface area contributed by atoms with Crippen molar-refractivity contribution in [1.29, 1.82) is 5.26 Å². The van der Waals surface area contributed by atoms with E-state index in [0.717, 1.165) is 6.07 Å². The summed E-state index contributed by atoms with van der Waals surface area (Å²) in [5.74, 6) is -1.31. The highest BCUT2D eigenvalue weighted by molar-refractivity contribution is 5.97. The highest BCUT2D eigenvalue weighted by Crippen LogP contribution is 2.13. The van der Waals surface area contributed by atoms with Gasteiger partial charge in [0.25, 0.3) is 11.6 Å². The predicted octanol–water partition coefficient (Wildman–Crippen LogP) is 2.33. The van der Waals surface area contributed by atoms with Crippen LogP contribution in [0.3, 0.4) is 0 Å². The number of nitro benzene ring substituents is 1. The first-order chi connectivity index (χ1) is 12.4. The lowest BCUT2D eigenvalue weighted by Crippen LogP contribution is -2.39. The van der Waals surface area contributed by atoms with Crippen LogP contribution in [0.25, 0.3) is 0 Å². The highest BCUT2D eigenvalue weighted by Gasteiger charge is 2.19. The lowest BCUT2D eigenvalue weighted by Gasteiger charge is -2.14. The molecule has 0 aliphatic rings. The Bertz CT molecular complexity index is 888. The number of hydrogen-bond donors (Lipinski definition) is 1. The second-order valence-electron chi connectivity index (χ2n) is 5.38. The van der Waals surface area contributed by atoms with Crippen molar-refractivity contribution in [2.24, 2.45) is 0 Å². The molecule has 0 aromatic heterocycles. The third kappa shape index (κ3) is 4.64. The maximum atomic E-state index is 12.1. The lowest BCUT2D eigenvalue weighted by molar-refractivity contribution is -0.384. The van der Waals surface area contributed by atoms with Crippen molar-refractivity contribution in [3.05, 3.63) is 75.3 Å². The summed E-state index contributed by atoms with van der Waals surface area (Å²) in [6.45, 7) is 1.34. The largest absolute Gasteiger partial charge is 0.459 e. The average Bonchev–Trinajstić information content (AvgIpc) is 2.66. The smallest absolute Gasteiger partial charge is 0.328 e. The number of esters is 1. The van der Waals surface area contributed by atoms with Gasteiger partial charge in [0.15, 0.2) is 0 Å². The lowest BCUT2D eigenvalue weighted by atomic mass is 10.1. The number of non-ortho nitro benzene ring substituents is 1. The Hall–Kier alpha value is -3.73. The molecule has 0 saturated heterocycles. The van der Waals surface area contributed by atoms with Crippen molar-refractivity contribution >= 4 is 17.6 Å². The Morgan fingerprint density at radius 2 is 2.00 bits per heavy atom. The van der Waals surface area contributed by atoms with Gasteiger partial charge in [-0.25, -0.2) is 4.79 Å². The van der Waals surface area contributed by atoms with Crippen molar-refractivity contribution in [3.63, 3.8) is 0 Å². The number of ether oxygens (including phenoxy) is 1. The van der Waals surface area contributed by atoms with Crippen LogP contribution in [0.4, 0.5) is 5.69 Å². The highest BCUT2D eigenvalue weighted by atomic mass is 16.6. The van der Waals surface area contributed by atoms with Crippen molar-refractivity contribution < 1.29 is 19.2 Å². The predicted molar refractivity (Wildman–Crippen MR) is 91.0 cm³/mol. The molecule has 0 heterocycles. The van der Waals surface area contributed by atoms with Crippen molar-refractivity contribution in [1.82, 2.24) is 5.32 Å². The van der Waals surface area contributed by atoms with Gasteiger partial charge in [-0.15, -0.1) is 0 Å². The Kier molecular flexibility index (Phi) is 6.01. The molecule has 1 N–H and O–H groups in total. The minimum absolute atomic E-state index is 0.0636. The van der Waals surface area contributed by atoms with Gasteiger partial charge in [0.2, 0.25) is 0 Å². The molecule has 0 radical (unpaired) electrons. The SMILES string of the molecule is C[C@H](NC(=O)c1cccc([N+](=O)[O-])c1)C(=O)OCc1ccccc1C#N. The van der Waals surface area contributed by atoms with Gasteiger partial charge in [-0.3, -0.25) is 14.9 Å². The third-order valence-electron chi connectivity index (χ3n) is 3.53. The number of hydrogen-bond acceptors (Lipinski definition) is 6. The van der Waals surface area contributed by atoms with E-state index in [1.54, 1.807) is 24.3 Å². The number of rotatable bonds is 6. The van der Waals surface area contributed by atoms with E-state index in [2.05, 4.69) is 5.32 Å². The van der Waals surface area contributed by atoms with E-state index in [4.69, 9.17) is 10.00 Å². The fourth-order valence-electron chi connectivity index (χ4n) is 2.13. The average molecular weight is 353 g/mol. The molecule has 8 heteroatoms. The number of nitriles is 1. The maximum Gasteiger partial charge on any atom is 0.328 e. The van der Waals surface area contributed by atoms with Gasteiger partial charge in [0.1, 0.15) is 12.6 Å². The van der Waals surface area contributed by atoms with Crippen LogP contribution in [-0.2, 0) is 16.1 Å². The standard InChI is InChI=1S/C18H15N3O5/c1-12(18(23)26-11-15-6-3-2-5-14(15)10-19)20-17(22)13-7-4-8-16(9-13)21(24)25/h2-9,12H,11H2,1H3,(H,20,22)/t12-/m0/s1. The van der Waals surface area contributed by atoms with Gasteiger partial charge in [0, 0.05) is 23.3 Å². The summed E-state index contributed by atoms with van der Waals surface area (Å²) in [5, 5.41) is 22.2. The molecule has 2 aromatic carbocycles. The molecule has 0 aliphatic carbocycles. The molecule has 0 saturated carbocycles. The molecule has 0 unspecified atom stereocenters. The number of amides is 1. The van der Waals surface area contributed by atoms with E-state index < -0.39 is 22.8 Å². The normalized spacial score (nSPS) is 11.1. The zero-order valence-corrected chi connectivity index (χ0v) is 13.8. The first-order valence-corrected chi connectivity index (χ1v) is 7.62. The van der Waals surface area contributed by atoms with Crippen molar-refractivity contribution in [2.75, 3.05) is 0 Å². The van der Waals surface area contributed by atoms with Crippen LogP contribution in [0.15, 0.2) is 48.5 Å². The van der Waals surface area contributed by atoms with Gasteiger partial charge in [0.05, 0.1) is 16.6 Å². The van der Waals surface area contributed by atoms with Crippen LogP contribution in [-0.4, -0.2) is 22.8 Å². The molecule has 0 fully saturated rings. The number of carbonyl (C=O) groups excluding carboxylic acids is 2. The summed E-state index contributed by atoms with van der Waals surface area (Å²) >= 11 is 0. The number of nitro groups is 1. The Morgan fingerprint density at radius 1 is 1.27 bits per heavy atom. The number of benzene rings is 2. The molecule has 26 heavy (non-hydrogen) atoms. The third-order valence-corrected chi connectivity index (χ3v) is 3.53. The van der Waals surface area contributed by atoms with E-state index >= 15 is 0 Å². The quantitative estimate of drug-likeness (QED) is 0.483. The number of nitrogens with zero attached hydrogens (tertiary/aromatic N) is 2. The van der Waals surface area contributed by atoms with Gasteiger partial charge >= 0.3 is 5.97 Å². The molecule has 2 rings (SSSR count). The Morgan fingerprint density at radius 3 is 2.69 bits per heavy atom. The molecule has 1 atom stereocenters. The van der Waals surface area contributed by atoms with Crippen LogP contribution in [0.5, 0.6) is 0 Å². The van der Waals surface area contributed by atoms with E-state index in [0.29, 0.717) is 11.1 Å². The van der Waals surface area contributed by atoms with E-state index in [1.807, 2.05) is 6.07 Å². The summed E-state index contributed by atoms with van der Waals surface area (Å²) in [6.07, 6.45) is 0. The minimum Gasteiger partial charge on any atom is -0.459 e. The second-order valence-corrected chi connectivity index (χ2v) is 5.38. The minimum atomic E-state index is -0.962. The molecule has 0 bridgehead atoms. The van der Waals surface area contributed by atoms with Crippen LogP contribution >= 0.6 is 0 Å². The summed E-state index contributed by atoms with van der Waals surface area (Å²) < 4.78 is 5.12. The number of carbonyl (C=O) groups is 2. The van der Waals surface area contributed by atoms with Crippen molar-refractivity contribution in [2.45, 2.75) is 19.6 Å². The van der Waals surface area contributed by atoms with Gasteiger partial charge in [-0.2, -0.15) is 5.26 Å². The number of nitrogens with one attached hydrogen (secondary N) is 1. The maximum absolute atomic E-state index is 12.1. The summed E-state index contributed by atoms with van der Waals surface area (Å²) in [5.41, 5.74) is 0.795. The first-order valence-electron chi connectivity index (χ1n) is 7.62. The van der Waals surface area contributed by atoms with Crippen LogP contribution in [0.1, 0.15) is 28.4 Å². The topological polar surface area (TPSA) is 122 Å². The van der Waals surface area contributed by atoms with E-state index in [1.165, 1.54) is 25.1 Å². The zero-order chi connectivity index (χ0) is 19.1. The molecule has 1 amide bonds. The first kappa shape index (κ1) is 18.6. The summed E-state index contributed by atoms with van der Waals surface area (Å²) in [4.78, 5) is 34.3. The monoisotopic (exact) mass is 353 g/mol. The molecular weight excluding hydrogens is 338 g/mol. The molecular formula is C18H15N3O5. The second kappa shape index (κ2) is 8.39.